The number of carbonyl (C=O) groups is 2. The van der Waals surface area contributed by atoms with Gasteiger partial charge in [0.05, 0.1) is 18.6 Å². The van der Waals surface area contributed by atoms with Gasteiger partial charge in [0.1, 0.15) is 0 Å². The molecule has 0 bridgehead atoms. The molecule has 5 rings (SSSR count). The second-order valence-electron chi connectivity index (χ2n) is 15.9. The summed E-state index contributed by atoms with van der Waals surface area (Å²) in [7, 11) is 1.55. The lowest BCUT2D eigenvalue weighted by atomic mass is 9.33. The third-order valence-corrected chi connectivity index (χ3v) is 14.0. The SMILES string of the molecule is C=C(C)[C@@H]1CC[C@]2(C(=O)OC)CC[C@]3(C)[C@H](CC[C@@H]4[C@@](C)(CC#N)[C@H](C(C)(C)[C@@H]5OC(C)=NN5C(C)=O)CC[C@]43C)[C@@H]12. The van der Waals surface area contributed by atoms with Gasteiger partial charge in [-0.15, -0.1) is 5.10 Å². The molecule has 10 atom stereocenters. The van der Waals surface area contributed by atoms with Crippen LogP contribution in [0.5, 0.6) is 0 Å². The van der Waals surface area contributed by atoms with Gasteiger partial charge in [-0.2, -0.15) is 10.3 Å². The van der Waals surface area contributed by atoms with E-state index in [1.54, 1.807) is 21.0 Å². The van der Waals surface area contributed by atoms with Crippen molar-refractivity contribution in [2.24, 2.45) is 61.8 Å². The van der Waals surface area contributed by atoms with Gasteiger partial charge in [0.2, 0.25) is 18.0 Å². The van der Waals surface area contributed by atoms with Gasteiger partial charge >= 0.3 is 5.97 Å². The third-order valence-electron chi connectivity index (χ3n) is 14.0. The molecule has 232 valence electrons. The largest absolute Gasteiger partial charge is 0.469 e. The maximum atomic E-state index is 13.5. The Bertz CT molecular complexity index is 1230. The number of esters is 1. The molecule has 1 amide bonds. The topological polar surface area (TPSA) is 92.0 Å². The van der Waals surface area contributed by atoms with Crippen LogP contribution in [0.1, 0.15) is 113 Å². The second-order valence-corrected chi connectivity index (χ2v) is 15.9. The first-order chi connectivity index (χ1) is 19.5. The van der Waals surface area contributed by atoms with E-state index in [1.807, 2.05) is 0 Å². The van der Waals surface area contributed by atoms with Crippen molar-refractivity contribution >= 4 is 17.8 Å². The van der Waals surface area contributed by atoms with Gasteiger partial charge in [0.25, 0.3) is 0 Å². The fourth-order valence-corrected chi connectivity index (χ4v) is 12.0. The Morgan fingerprint density at radius 2 is 1.79 bits per heavy atom. The van der Waals surface area contributed by atoms with Crippen molar-refractivity contribution < 1.29 is 19.1 Å². The number of carbonyl (C=O) groups excluding carboxylic acids is 2. The number of hydrogen-bond donors (Lipinski definition) is 0. The normalized spacial score (nSPS) is 44.6. The summed E-state index contributed by atoms with van der Waals surface area (Å²) in [5.41, 5.74) is 0.168. The highest BCUT2D eigenvalue weighted by atomic mass is 16.5. The van der Waals surface area contributed by atoms with Crippen LogP contribution in [0.4, 0.5) is 0 Å². The van der Waals surface area contributed by atoms with E-state index in [1.165, 1.54) is 10.6 Å². The first-order valence-electron chi connectivity index (χ1n) is 16.2. The number of allylic oxidation sites excluding steroid dienone is 1. The number of nitriles is 1. The maximum Gasteiger partial charge on any atom is 0.312 e. The molecule has 0 N–H and O–H groups in total. The van der Waals surface area contributed by atoms with Crippen molar-refractivity contribution in [2.45, 2.75) is 119 Å². The van der Waals surface area contributed by atoms with Crippen molar-refractivity contribution in [1.29, 1.82) is 5.26 Å². The van der Waals surface area contributed by atoms with Crippen molar-refractivity contribution in [3.8, 4) is 6.07 Å². The standard InChI is InChI=1S/C35H53N3O4/c1-21(2)24-13-16-35(30(40)41-10)18-17-33(8)25(28(24)35)11-12-27-32(7,19-20-36)26(14-15-34(27,33)9)31(5,6)29-38(23(4)39)37-22(3)42-29/h24-29H,1,11-19H2,2-10H3/t24-,25+,26-,27+,28+,29-,32-,33+,34+,35-/m0/s1. The molecule has 0 aromatic heterocycles. The Kier molecular flexibility index (Phi) is 7.47. The zero-order valence-electron chi connectivity index (χ0n) is 27.5. The number of methoxy groups -OCH3 is 1. The van der Waals surface area contributed by atoms with Gasteiger partial charge in [-0.25, -0.2) is 0 Å². The lowest BCUT2D eigenvalue weighted by Gasteiger charge is -2.71. The summed E-state index contributed by atoms with van der Waals surface area (Å²) >= 11 is 0. The first kappa shape index (κ1) is 31.1. The second kappa shape index (κ2) is 10.1. The van der Waals surface area contributed by atoms with Gasteiger partial charge in [-0.05, 0) is 104 Å². The lowest BCUT2D eigenvalue weighted by Crippen LogP contribution is -2.66. The molecule has 0 unspecified atom stereocenters. The van der Waals surface area contributed by atoms with E-state index in [4.69, 9.17) is 9.47 Å². The van der Waals surface area contributed by atoms with Crippen molar-refractivity contribution in [1.82, 2.24) is 5.01 Å². The molecule has 0 aromatic rings. The van der Waals surface area contributed by atoms with Crippen LogP contribution in [0.15, 0.2) is 17.3 Å². The summed E-state index contributed by atoms with van der Waals surface area (Å²) < 4.78 is 11.7. The molecule has 7 heteroatoms. The molecular formula is C35H53N3O4. The summed E-state index contributed by atoms with van der Waals surface area (Å²) in [4.78, 5) is 26.1. The Morgan fingerprint density at radius 1 is 1.10 bits per heavy atom. The average molecular weight is 580 g/mol. The maximum absolute atomic E-state index is 13.5. The molecule has 4 saturated carbocycles. The summed E-state index contributed by atoms with van der Waals surface area (Å²) in [6, 6.07) is 2.61. The Labute approximate surface area is 253 Å². The van der Waals surface area contributed by atoms with Crippen LogP contribution in [0.2, 0.25) is 0 Å². The summed E-state index contributed by atoms with van der Waals surface area (Å²) in [5.74, 6) is 1.89. The molecule has 4 aliphatic carbocycles. The van der Waals surface area contributed by atoms with E-state index in [0.29, 0.717) is 30.1 Å². The number of fused-ring (bicyclic) bond motifs is 5. The third kappa shape index (κ3) is 3.98. The van der Waals surface area contributed by atoms with Crippen molar-refractivity contribution in [2.75, 3.05) is 7.11 Å². The quantitative estimate of drug-likeness (QED) is 0.249. The minimum atomic E-state index is -0.487. The van der Waals surface area contributed by atoms with Crippen LogP contribution in [0, 0.1) is 68.0 Å². The average Bonchev–Trinajstić information content (AvgIpc) is 3.51. The van der Waals surface area contributed by atoms with Crippen LogP contribution in [-0.2, 0) is 19.1 Å². The van der Waals surface area contributed by atoms with Gasteiger partial charge in [-0.3, -0.25) is 9.59 Å². The number of ether oxygens (including phenoxy) is 2. The number of nitrogens with zero attached hydrogens (tertiary/aromatic N) is 3. The van der Waals surface area contributed by atoms with E-state index in [2.05, 4.69) is 59.3 Å². The van der Waals surface area contributed by atoms with Crippen LogP contribution >= 0.6 is 0 Å². The van der Waals surface area contributed by atoms with Crippen LogP contribution in [0.25, 0.3) is 0 Å². The minimum Gasteiger partial charge on any atom is -0.469 e. The minimum absolute atomic E-state index is 0.0157. The fourth-order valence-electron chi connectivity index (χ4n) is 12.0. The highest BCUT2D eigenvalue weighted by Gasteiger charge is 2.72. The zero-order chi connectivity index (χ0) is 31.0. The molecule has 0 spiro atoms. The Hall–Kier alpha value is -2.36. The highest BCUT2D eigenvalue weighted by molar-refractivity contribution is 5.81. The predicted octanol–water partition coefficient (Wildman–Crippen LogP) is 7.48. The highest BCUT2D eigenvalue weighted by Crippen LogP contribution is 2.77. The summed E-state index contributed by atoms with van der Waals surface area (Å²) in [5, 5.41) is 16.2. The van der Waals surface area contributed by atoms with Gasteiger partial charge in [0.15, 0.2) is 0 Å². The monoisotopic (exact) mass is 579 g/mol. The zero-order valence-corrected chi connectivity index (χ0v) is 27.5. The molecule has 7 nitrogen and oxygen atoms in total. The van der Waals surface area contributed by atoms with Gasteiger partial charge < -0.3 is 9.47 Å². The molecule has 4 fully saturated rings. The number of hydrazone groups is 1. The first-order valence-corrected chi connectivity index (χ1v) is 16.2. The lowest BCUT2D eigenvalue weighted by molar-refractivity contribution is -0.238. The molecule has 42 heavy (non-hydrogen) atoms. The summed E-state index contributed by atoms with van der Waals surface area (Å²) in [6.07, 6.45) is 7.88. The Balaban J connectivity index is 1.55. The molecule has 0 radical (unpaired) electrons. The molecular weight excluding hydrogens is 526 g/mol. The van der Waals surface area contributed by atoms with E-state index >= 15 is 0 Å². The van der Waals surface area contributed by atoms with Crippen LogP contribution in [-0.4, -0.2) is 36.1 Å². The Morgan fingerprint density at radius 3 is 2.38 bits per heavy atom. The number of hydrogen-bond acceptors (Lipinski definition) is 6. The van der Waals surface area contributed by atoms with Crippen molar-refractivity contribution in [3.05, 3.63) is 12.2 Å². The smallest absolute Gasteiger partial charge is 0.312 e. The number of rotatable bonds is 5. The van der Waals surface area contributed by atoms with Gasteiger partial charge in [-0.1, -0.05) is 46.8 Å². The molecule has 1 aliphatic heterocycles. The predicted molar refractivity (Wildman–Crippen MR) is 162 cm³/mol. The molecule has 1 heterocycles. The van der Waals surface area contributed by atoms with Crippen molar-refractivity contribution in [3.63, 3.8) is 0 Å². The molecule has 0 aromatic carbocycles. The molecule has 0 saturated heterocycles. The van der Waals surface area contributed by atoms with Crippen LogP contribution < -0.4 is 0 Å². The van der Waals surface area contributed by atoms with E-state index in [-0.39, 0.29) is 40.0 Å². The fraction of sp³-hybridized carbons (Fsp3) is 0.829. The number of amides is 1. The van der Waals surface area contributed by atoms with E-state index < -0.39 is 17.1 Å². The van der Waals surface area contributed by atoms with E-state index in [0.717, 1.165) is 51.4 Å². The van der Waals surface area contributed by atoms with Gasteiger partial charge in [0, 0.05) is 25.7 Å². The van der Waals surface area contributed by atoms with E-state index in [9.17, 15) is 14.9 Å². The van der Waals surface area contributed by atoms with Crippen LogP contribution in [0.3, 0.4) is 0 Å². The molecule has 5 aliphatic rings. The summed E-state index contributed by atoms with van der Waals surface area (Å²) in [6.45, 7) is 21.7.